The van der Waals surface area contributed by atoms with E-state index in [2.05, 4.69) is 25.8 Å². The van der Waals surface area contributed by atoms with Crippen molar-refractivity contribution < 1.29 is 14.7 Å². The number of nitrogens with zero attached hydrogens (tertiary/aromatic N) is 4. The number of carbonyl (C=O) groups excluding carboxylic acids is 2. The van der Waals surface area contributed by atoms with Crippen LogP contribution < -0.4 is 10.6 Å². The van der Waals surface area contributed by atoms with Crippen LogP contribution in [-0.2, 0) is 22.6 Å². The molecule has 26 heavy (non-hydrogen) atoms. The summed E-state index contributed by atoms with van der Waals surface area (Å²) in [5.74, 6) is 0.430. The van der Waals surface area contributed by atoms with E-state index >= 15 is 0 Å². The maximum absolute atomic E-state index is 12.5. The fourth-order valence-electron chi connectivity index (χ4n) is 4.05. The Kier molecular flexibility index (Phi) is 6.20. The Bertz CT molecular complexity index is 634. The van der Waals surface area contributed by atoms with Gasteiger partial charge in [0.25, 0.3) is 0 Å². The van der Waals surface area contributed by atoms with Gasteiger partial charge in [0.2, 0.25) is 11.8 Å². The first-order chi connectivity index (χ1) is 12.6. The van der Waals surface area contributed by atoms with Crippen LogP contribution in [0.1, 0.15) is 25.5 Å². The highest BCUT2D eigenvalue weighted by Gasteiger charge is 2.43. The average molecular weight is 364 g/mol. The van der Waals surface area contributed by atoms with Crippen molar-refractivity contribution in [2.45, 2.75) is 38.8 Å². The first-order valence-corrected chi connectivity index (χ1v) is 9.33. The van der Waals surface area contributed by atoms with Gasteiger partial charge in [-0.3, -0.25) is 19.2 Å². The summed E-state index contributed by atoms with van der Waals surface area (Å²) in [5, 5.41) is 22.8. The van der Waals surface area contributed by atoms with Crippen LogP contribution in [0.5, 0.6) is 0 Å². The Morgan fingerprint density at radius 1 is 1.35 bits per heavy atom. The van der Waals surface area contributed by atoms with Gasteiger partial charge in [-0.15, -0.1) is 5.10 Å². The van der Waals surface area contributed by atoms with Crippen molar-refractivity contribution in [3.8, 4) is 0 Å². The van der Waals surface area contributed by atoms with Gasteiger partial charge in [0.1, 0.15) is 0 Å². The number of amides is 2. The Balaban J connectivity index is 1.49. The second-order valence-corrected chi connectivity index (χ2v) is 7.22. The number of piperidine rings is 3. The SMILES string of the molecule is CC(=O)NCCNC(=O)[C@@H]1CN2CC[C@H]1C[C@@H]2Cn1cc(CCO)nn1. The summed E-state index contributed by atoms with van der Waals surface area (Å²) in [6.45, 7) is 5.05. The lowest BCUT2D eigenvalue weighted by Crippen LogP contribution is -2.58. The highest BCUT2D eigenvalue weighted by atomic mass is 16.3. The summed E-state index contributed by atoms with van der Waals surface area (Å²) in [5.41, 5.74) is 0.805. The van der Waals surface area contributed by atoms with E-state index in [-0.39, 0.29) is 24.3 Å². The van der Waals surface area contributed by atoms with E-state index in [0.29, 0.717) is 31.5 Å². The third-order valence-electron chi connectivity index (χ3n) is 5.37. The molecule has 9 heteroatoms. The molecule has 3 fully saturated rings. The van der Waals surface area contributed by atoms with E-state index in [1.165, 1.54) is 6.92 Å². The number of aliphatic hydroxyl groups is 1. The fourth-order valence-corrected chi connectivity index (χ4v) is 4.05. The maximum Gasteiger partial charge on any atom is 0.224 e. The molecule has 0 radical (unpaired) electrons. The molecule has 3 saturated heterocycles. The number of rotatable bonds is 8. The van der Waals surface area contributed by atoms with Gasteiger partial charge >= 0.3 is 0 Å². The first kappa shape index (κ1) is 18.8. The van der Waals surface area contributed by atoms with E-state index in [0.717, 1.165) is 38.2 Å². The highest BCUT2D eigenvalue weighted by molar-refractivity contribution is 5.79. The predicted octanol–water partition coefficient (Wildman–Crippen LogP) is -1.22. The van der Waals surface area contributed by atoms with Gasteiger partial charge < -0.3 is 15.7 Å². The van der Waals surface area contributed by atoms with Gasteiger partial charge in [-0.05, 0) is 25.3 Å². The van der Waals surface area contributed by atoms with Crippen molar-refractivity contribution in [3.05, 3.63) is 11.9 Å². The molecular weight excluding hydrogens is 336 g/mol. The molecule has 3 N–H and O–H groups in total. The number of aromatic nitrogens is 3. The maximum atomic E-state index is 12.5. The van der Waals surface area contributed by atoms with E-state index in [4.69, 9.17) is 5.11 Å². The number of fused-ring (bicyclic) bond motifs is 3. The lowest BCUT2D eigenvalue weighted by Gasteiger charge is -2.49. The van der Waals surface area contributed by atoms with Crippen molar-refractivity contribution in [1.82, 2.24) is 30.5 Å². The molecule has 0 saturated carbocycles. The van der Waals surface area contributed by atoms with E-state index in [9.17, 15) is 9.59 Å². The molecule has 1 aromatic rings. The second kappa shape index (κ2) is 8.59. The minimum atomic E-state index is -0.0832. The standard InChI is InChI=1S/C17H28N6O3/c1-12(25)18-4-5-19-17(26)16-11-22-6-2-13(16)8-15(22)10-23-9-14(3-7-24)20-21-23/h9,13,15-16,24H,2-8,10-11H2,1H3,(H,18,25)(H,19,26)/t13-,15+,16+/m0/s1. The molecule has 144 valence electrons. The van der Waals surface area contributed by atoms with Gasteiger partial charge in [0, 0.05) is 51.8 Å². The molecule has 0 spiro atoms. The monoisotopic (exact) mass is 364 g/mol. The van der Waals surface area contributed by atoms with Gasteiger partial charge in [-0.2, -0.15) is 0 Å². The Morgan fingerprint density at radius 3 is 2.85 bits per heavy atom. The predicted molar refractivity (Wildman–Crippen MR) is 94.1 cm³/mol. The second-order valence-electron chi connectivity index (χ2n) is 7.22. The highest BCUT2D eigenvalue weighted by Crippen LogP contribution is 2.36. The lowest BCUT2D eigenvalue weighted by atomic mass is 9.75. The quantitative estimate of drug-likeness (QED) is 0.498. The third-order valence-corrected chi connectivity index (χ3v) is 5.37. The lowest BCUT2D eigenvalue weighted by molar-refractivity contribution is -0.133. The average Bonchev–Trinajstić information content (AvgIpc) is 3.06. The molecular formula is C17H28N6O3. The van der Waals surface area contributed by atoms with Crippen LogP contribution in [0.4, 0.5) is 0 Å². The number of carbonyl (C=O) groups is 2. The molecule has 1 unspecified atom stereocenters. The summed E-state index contributed by atoms with van der Waals surface area (Å²) in [6, 6.07) is 0.376. The summed E-state index contributed by atoms with van der Waals surface area (Å²) in [6.07, 6.45) is 4.45. The Morgan fingerprint density at radius 2 is 2.15 bits per heavy atom. The summed E-state index contributed by atoms with van der Waals surface area (Å²) in [4.78, 5) is 25.7. The fraction of sp³-hybridized carbons (Fsp3) is 0.765. The molecule has 4 rings (SSSR count). The third kappa shape index (κ3) is 4.59. The zero-order valence-electron chi connectivity index (χ0n) is 15.2. The molecule has 4 heterocycles. The Hall–Kier alpha value is -2.00. The topological polar surface area (TPSA) is 112 Å². The first-order valence-electron chi connectivity index (χ1n) is 9.33. The minimum absolute atomic E-state index is 0.0259. The zero-order valence-corrected chi connectivity index (χ0v) is 15.2. The molecule has 1 aromatic heterocycles. The normalized spacial score (nSPS) is 27.3. The molecule has 3 aliphatic heterocycles. The molecule has 2 bridgehead atoms. The number of aliphatic hydroxyl groups excluding tert-OH is 1. The number of hydrogen-bond acceptors (Lipinski definition) is 6. The molecule has 2 amide bonds. The van der Waals surface area contributed by atoms with Crippen LogP contribution in [0.2, 0.25) is 0 Å². The molecule has 3 aliphatic rings. The molecule has 0 aromatic carbocycles. The van der Waals surface area contributed by atoms with E-state index in [1.807, 2.05) is 10.9 Å². The zero-order chi connectivity index (χ0) is 18.5. The smallest absolute Gasteiger partial charge is 0.224 e. The van der Waals surface area contributed by atoms with Crippen molar-refractivity contribution in [3.63, 3.8) is 0 Å². The van der Waals surface area contributed by atoms with Crippen LogP contribution in [0.15, 0.2) is 6.20 Å². The summed E-state index contributed by atoms with van der Waals surface area (Å²) >= 11 is 0. The molecule has 9 nitrogen and oxygen atoms in total. The molecule has 0 aliphatic carbocycles. The largest absolute Gasteiger partial charge is 0.396 e. The van der Waals surface area contributed by atoms with Gasteiger partial charge in [-0.25, -0.2) is 0 Å². The van der Waals surface area contributed by atoms with Gasteiger partial charge in [0.05, 0.1) is 18.2 Å². The summed E-state index contributed by atoms with van der Waals surface area (Å²) < 4.78 is 1.85. The molecule has 4 atom stereocenters. The number of nitrogens with one attached hydrogen (secondary N) is 2. The van der Waals surface area contributed by atoms with E-state index < -0.39 is 0 Å². The van der Waals surface area contributed by atoms with Crippen molar-refractivity contribution in [1.29, 1.82) is 0 Å². The van der Waals surface area contributed by atoms with Crippen LogP contribution in [-0.4, -0.2) is 75.6 Å². The number of hydrogen-bond donors (Lipinski definition) is 3. The van der Waals surface area contributed by atoms with Crippen LogP contribution in [0.25, 0.3) is 0 Å². The summed E-state index contributed by atoms with van der Waals surface area (Å²) in [7, 11) is 0. The van der Waals surface area contributed by atoms with Crippen molar-refractivity contribution in [2.75, 3.05) is 32.8 Å². The van der Waals surface area contributed by atoms with Crippen LogP contribution in [0, 0.1) is 11.8 Å². The van der Waals surface area contributed by atoms with Crippen molar-refractivity contribution >= 4 is 11.8 Å². The van der Waals surface area contributed by atoms with Gasteiger partial charge in [-0.1, -0.05) is 5.21 Å². The minimum Gasteiger partial charge on any atom is -0.396 e. The van der Waals surface area contributed by atoms with Crippen LogP contribution in [0.3, 0.4) is 0 Å². The van der Waals surface area contributed by atoms with Gasteiger partial charge in [0.15, 0.2) is 0 Å². The Labute approximate surface area is 153 Å². The van der Waals surface area contributed by atoms with Crippen LogP contribution >= 0.6 is 0 Å². The van der Waals surface area contributed by atoms with E-state index in [1.54, 1.807) is 0 Å². The van der Waals surface area contributed by atoms with Crippen molar-refractivity contribution in [2.24, 2.45) is 11.8 Å².